The van der Waals surface area contributed by atoms with E-state index in [2.05, 4.69) is 5.32 Å². The molecule has 0 amide bonds. The van der Waals surface area contributed by atoms with E-state index in [4.69, 9.17) is 25.8 Å². The lowest BCUT2D eigenvalue weighted by atomic mass is 9.75. The Labute approximate surface area is 208 Å². The first-order valence-electron chi connectivity index (χ1n) is 11.5. The van der Waals surface area contributed by atoms with Crippen LogP contribution < -0.4 is 14.8 Å². The molecule has 1 aliphatic heterocycles. The van der Waals surface area contributed by atoms with Crippen LogP contribution in [-0.2, 0) is 20.9 Å². The Morgan fingerprint density at radius 1 is 1.17 bits per heavy atom. The minimum Gasteiger partial charge on any atom is -0.496 e. The summed E-state index contributed by atoms with van der Waals surface area (Å²) < 4.78 is 30.1. The van der Waals surface area contributed by atoms with Gasteiger partial charge in [0.05, 0.1) is 24.3 Å². The average molecular weight is 500 g/mol. The Hall–Kier alpha value is -3.32. The average Bonchev–Trinajstić information content (AvgIpc) is 2.82. The number of hydrogen-bond donors (Lipinski definition) is 1. The number of methoxy groups -OCH3 is 1. The van der Waals surface area contributed by atoms with Crippen molar-refractivity contribution in [2.75, 3.05) is 13.7 Å². The van der Waals surface area contributed by atoms with Crippen LogP contribution >= 0.6 is 11.6 Å². The standard InChI is InChI=1S/C27H27ClFNO5/c1-4-34-27(32)24-15(2)30-20-6-5-7-21(31)26(20)25(24)16-8-10-22(33-3)17(12-16)14-35-23-11-9-18(29)13-19(23)28/h8-13,25,30H,4-7,14H2,1-3H3/t25-/m1/s1. The summed E-state index contributed by atoms with van der Waals surface area (Å²) in [7, 11) is 1.55. The lowest BCUT2D eigenvalue weighted by Crippen LogP contribution is -2.34. The smallest absolute Gasteiger partial charge is 0.336 e. The molecule has 184 valence electrons. The number of carbonyl (C=O) groups is 2. The van der Waals surface area contributed by atoms with Gasteiger partial charge < -0.3 is 19.5 Å². The fourth-order valence-corrected chi connectivity index (χ4v) is 4.86. The van der Waals surface area contributed by atoms with E-state index in [1.165, 1.54) is 18.2 Å². The number of Topliss-reactive ketones (excluding diaryl/α,β-unsaturated/α-hetero) is 1. The molecule has 2 aliphatic rings. The number of halogens is 2. The highest BCUT2D eigenvalue weighted by molar-refractivity contribution is 6.32. The van der Waals surface area contributed by atoms with Crippen LogP contribution in [0.15, 0.2) is 58.9 Å². The third-order valence-corrected chi connectivity index (χ3v) is 6.48. The summed E-state index contributed by atoms with van der Waals surface area (Å²) in [5.74, 6) is -0.565. The summed E-state index contributed by atoms with van der Waals surface area (Å²) in [5.41, 5.74) is 3.98. The van der Waals surface area contributed by atoms with E-state index in [-0.39, 0.29) is 24.0 Å². The second-order valence-electron chi connectivity index (χ2n) is 8.42. The normalized spacial score (nSPS) is 17.6. The molecule has 0 spiro atoms. The van der Waals surface area contributed by atoms with Gasteiger partial charge in [-0.15, -0.1) is 0 Å². The molecule has 6 nitrogen and oxygen atoms in total. The molecule has 2 aromatic carbocycles. The van der Waals surface area contributed by atoms with Crippen molar-refractivity contribution in [1.82, 2.24) is 5.32 Å². The minimum atomic E-state index is -0.572. The van der Waals surface area contributed by atoms with Gasteiger partial charge in [0.2, 0.25) is 0 Å². The summed E-state index contributed by atoms with van der Waals surface area (Å²) in [4.78, 5) is 26.1. The fourth-order valence-electron chi connectivity index (χ4n) is 4.63. The molecule has 0 radical (unpaired) electrons. The fraction of sp³-hybridized carbons (Fsp3) is 0.333. The van der Waals surface area contributed by atoms with Crippen molar-refractivity contribution in [3.05, 3.63) is 80.9 Å². The Bertz CT molecular complexity index is 1240. The molecule has 1 aliphatic carbocycles. The van der Waals surface area contributed by atoms with Crippen molar-refractivity contribution >= 4 is 23.4 Å². The second kappa shape index (κ2) is 10.5. The predicted molar refractivity (Wildman–Crippen MR) is 130 cm³/mol. The van der Waals surface area contributed by atoms with Crippen LogP contribution in [0.2, 0.25) is 5.02 Å². The van der Waals surface area contributed by atoms with Gasteiger partial charge in [-0.05, 0) is 62.6 Å². The highest BCUT2D eigenvalue weighted by Gasteiger charge is 2.39. The molecule has 0 aromatic heterocycles. The molecule has 1 atom stereocenters. The number of esters is 1. The molecular weight excluding hydrogens is 473 g/mol. The number of ketones is 1. The monoisotopic (exact) mass is 499 g/mol. The second-order valence-corrected chi connectivity index (χ2v) is 8.83. The molecule has 35 heavy (non-hydrogen) atoms. The van der Waals surface area contributed by atoms with Gasteiger partial charge in [-0.2, -0.15) is 0 Å². The quantitative estimate of drug-likeness (QED) is 0.500. The molecule has 0 fully saturated rings. The molecule has 4 rings (SSSR count). The maximum absolute atomic E-state index is 13.4. The number of nitrogens with one attached hydrogen (secondary N) is 1. The van der Waals surface area contributed by atoms with Gasteiger partial charge in [0.25, 0.3) is 0 Å². The number of dihydropyridines is 1. The van der Waals surface area contributed by atoms with Crippen LogP contribution in [0.3, 0.4) is 0 Å². The first-order valence-corrected chi connectivity index (χ1v) is 11.9. The van der Waals surface area contributed by atoms with Crippen LogP contribution in [0.4, 0.5) is 4.39 Å². The lowest BCUT2D eigenvalue weighted by Gasteiger charge is -2.34. The van der Waals surface area contributed by atoms with Crippen molar-refractivity contribution in [2.45, 2.75) is 45.6 Å². The first kappa shape index (κ1) is 24.8. The first-order chi connectivity index (χ1) is 16.8. The molecule has 8 heteroatoms. The van der Waals surface area contributed by atoms with Crippen LogP contribution in [0, 0.1) is 5.82 Å². The van der Waals surface area contributed by atoms with E-state index in [0.29, 0.717) is 40.3 Å². The molecule has 0 saturated carbocycles. The largest absolute Gasteiger partial charge is 0.496 e. The number of carbonyl (C=O) groups excluding carboxylic acids is 2. The maximum Gasteiger partial charge on any atom is 0.336 e. The highest BCUT2D eigenvalue weighted by Crippen LogP contribution is 2.43. The van der Waals surface area contributed by atoms with E-state index < -0.39 is 17.7 Å². The van der Waals surface area contributed by atoms with E-state index in [0.717, 1.165) is 24.1 Å². The topological polar surface area (TPSA) is 73.9 Å². The van der Waals surface area contributed by atoms with Gasteiger partial charge >= 0.3 is 5.97 Å². The third kappa shape index (κ3) is 5.05. The number of rotatable bonds is 7. The number of allylic oxidation sites excluding steroid dienone is 3. The zero-order valence-electron chi connectivity index (χ0n) is 19.9. The van der Waals surface area contributed by atoms with Gasteiger partial charge in [-0.25, -0.2) is 9.18 Å². The van der Waals surface area contributed by atoms with E-state index in [1.54, 1.807) is 20.1 Å². The summed E-state index contributed by atoms with van der Waals surface area (Å²) in [6.07, 6.45) is 1.93. The zero-order valence-corrected chi connectivity index (χ0v) is 20.6. The van der Waals surface area contributed by atoms with E-state index >= 15 is 0 Å². The van der Waals surface area contributed by atoms with Gasteiger partial charge in [-0.1, -0.05) is 17.7 Å². The van der Waals surface area contributed by atoms with Crippen LogP contribution in [-0.4, -0.2) is 25.5 Å². The summed E-state index contributed by atoms with van der Waals surface area (Å²) in [5, 5.41) is 3.43. The molecule has 2 aromatic rings. The highest BCUT2D eigenvalue weighted by atomic mass is 35.5. The van der Waals surface area contributed by atoms with Crippen molar-refractivity contribution in [3.8, 4) is 11.5 Å². The zero-order chi connectivity index (χ0) is 25.1. The van der Waals surface area contributed by atoms with Gasteiger partial charge in [0.15, 0.2) is 5.78 Å². The Kier molecular flexibility index (Phi) is 7.45. The van der Waals surface area contributed by atoms with Gasteiger partial charge in [0.1, 0.15) is 23.9 Å². The SMILES string of the molecule is CCOC(=O)C1=C(C)NC2=C(C(=O)CCC2)[C@@H]1c1ccc(OC)c(COc2ccc(F)cc2Cl)c1. The lowest BCUT2D eigenvalue weighted by molar-refractivity contribution is -0.138. The van der Waals surface area contributed by atoms with Gasteiger partial charge in [-0.3, -0.25) is 4.79 Å². The molecule has 0 unspecified atom stereocenters. The number of ether oxygens (including phenoxy) is 3. The third-order valence-electron chi connectivity index (χ3n) is 6.19. The van der Waals surface area contributed by atoms with Crippen LogP contribution in [0.25, 0.3) is 0 Å². The molecule has 1 N–H and O–H groups in total. The van der Waals surface area contributed by atoms with Crippen molar-refractivity contribution in [1.29, 1.82) is 0 Å². The van der Waals surface area contributed by atoms with Crippen molar-refractivity contribution < 1.29 is 28.2 Å². The summed E-state index contributed by atoms with van der Waals surface area (Å²) in [6.45, 7) is 3.89. The molecule has 0 saturated heterocycles. The van der Waals surface area contributed by atoms with Crippen LogP contribution in [0.1, 0.15) is 50.2 Å². The summed E-state index contributed by atoms with van der Waals surface area (Å²) >= 11 is 6.11. The van der Waals surface area contributed by atoms with E-state index in [1.807, 2.05) is 19.1 Å². The van der Waals surface area contributed by atoms with Gasteiger partial charge in [0, 0.05) is 34.9 Å². The molecule has 1 heterocycles. The minimum absolute atomic E-state index is 0.0183. The Balaban J connectivity index is 1.76. The van der Waals surface area contributed by atoms with Crippen LogP contribution in [0.5, 0.6) is 11.5 Å². The van der Waals surface area contributed by atoms with Crippen molar-refractivity contribution in [2.24, 2.45) is 0 Å². The Morgan fingerprint density at radius 3 is 2.66 bits per heavy atom. The number of hydrogen-bond acceptors (Lipinski definition) is 6. The predicted octanol–water partition coefficient (Wildman–Crippen LogP) is 5.60. The summed E-state index contributed by atoms with van der Waals surface area (Å²) in [6, 6.07) is 9.41. The number of benzene rings is 2. The molecule has 0 bridgehead atoms. The Morgan fingerprint density at radius 2 is 1.94 bits per heavy atom. The molecular formula is C27H27ClFNO5. The maximum atomic E-state index is 13.4. The van der Waals surface area contributed by atoms with E-state index in [9.17, 15) is 14.0 Å². The van der Waals surface area contributed by atoms with Crippen molar-refractivity contribution in [3.63, 3.8) is 0 Å².